The van der Waals surface area contributed by atoms with Crippen molar-refractivity contribution in [3.63, 3.8) is 0 Å². The Morgan fingerprint density at radius 3 is 3.00 bits per heavy atom. The normalized spacial score (nSPS) is 12.4. The van der Waals surface area contributed by atoms with E-state index in [-0.39, 0.29) is 11.9 Å². The first-order valence-electron chi connectivity index (χ1n) is 4.85. The van der Waals surface area contributed by atoms with Gasteiger partial charge in [-0.1, -0.05) is 11.6 Å². The third-order valence-electron chi connectivity index (χ3n) is 2.21. The molecule has 0 aromatic carbocycles. The molecule has 2 N–H and O–H groups in total. The molecule has 0 aliphatic carbocycles. The van der Waals surface area contributed by atoms with Gasteiger partial charge < -0.3 is 14.7 Å². The highest BCUT2D eigenvalue weighted by Crippen LogP contribution is 2.14. The molecule has 1 atom stereocenters. The Morgan fingerprint density at radius 2 is 2.44 bits per heavy atom. The van der Waals surface area contributed by atoms with Gasteiger partial charge in [0, 0.05) is 6.20 Å². The van der Waals surface area contributed by atoms with Gasteiger partial charge in [-0.25, -0.2) is 0 Å². The quantitative estimate of drug-likeness (QED) is 0.864. The zero-order valence-electron chi connectivity index (χ0n) is 8.66. The number of H-pyrrole nitrogens is 1. The standard InChI is InChI=1S/C11H11ClN2O2/c1-7(10-3-2-4-16-10)14-11(15)9-5-8(12)6-13-9/h2-7,13H,1H3,(H,14,15). The Morgan fingerprint density at radius 1 is 1.62 bits per heavy atom. The van der Waals surface area contributed by atoms with E-state index in [4.69, 9.17) is 16.0 Å². The first kappa shape index (κ1) is 10.8. The van der Waals surface area contributed by atoms with E-state index >= 15 is 0 Å². The molecule has 2 aromatic heterocycles. The second-order valence-electron chi connectivity index (χ2n) is 3.44. The third-order valence-corrected chi connectivity index (χ3v) is 2.43. The number of hydrogen-bond acceptors (Lipinski definition) is 2. The molecule has 0 saturated carbocycles. The average molecular weight is 239 g/mol. The summed E-state index contributed by atoms with van der Waals surface area (Å²) in [5.41, 5.74) is 0.434. The van der Waals surface area contributed by atoms with Crippen LogP contribution in [0.1, 0.15) is 29.2 Å². The number of furan rings is 1. The predicted octanol–water partition coefficient (Wildman–Crippen LogP) is 2.75. The summed E-state index contributed by atoms with van der Waals surface area (Å²) in [5, 5.41) is 3.30. The van der Waals surface area contributed by atoms with Crippen molar-refractivity contribution in [3.05, 3.63) is 47.1 Å². The molecule has 2 heterocycles. The Kier molecular flexibility index (Phi) is 3.01. The number of carbonyl (C=O) groups excluding carboxylic acids is 1. The molecular formula is C11H11ClN2O2. The molecule has 2 rings (SSSR count). The summed E-state index contributed by atoms with van der Waals surface area (Å²) in [4.78, 5) is 14.5. The van der Waals surface area contributed by atoms with E-state index in [1.54, 1.807) is 24.6 Å². The van der Waals surface area contributed by atoms with Gasteiger partial charge in [0.2, 0.25) is 0 Å². The second-order valence-corrected chi connectivity index (χ2v) is 3.88. The summed E-state index contributed by atoms with van der Waals surface area (Å²) >= 11 is 5.71. The highest BCUT2D eigenvalue weighted by molar-refractivity contribution is 6.30. The molecule has 2 aromatic rings. The fourth-order valence-electron chi connectivity index (χ4n) is 1.38. The van der Waals surface area contributed by atoms with Crippen LogP contribution in [-0.4, -0.2) is 10.9 Å². The average Bonchev–Trinajstić information content (AvgIpc) is 2.87. The van der Waals surface area contributed by atoms with E-state index in [0.29, 0.717) is 16.5 Å². The smallest absolute Gasteiger partial charge is 0.268 e. The van der Waals surface area contributed by atoms with Crippen LogP contribution >= 0.6 is 11.6 Å². The van der Waals surface area contributed by atoms with Gasteiger partial charge in [-0.05, 0) is 25.1 Å². The second kappa shape index (κ2) is 4.45. The lowest BCUT2D eigenvalue weighted by Crippen LogP contribution is -2.26. The zero-order valence-corrected chi connectivity index (χ0v) is 9.41. The summed E-state index contributed by atoms with van der Waals surface area (Å²) in [5.74, 6) is 0.502. The monoisotopic (exact) mass is 238 g/mol. The fraction of sp³-hybridized carbons (Fsp3) is 0.182. The number of rotatable bonds is 3. The lowest BCUT2D eigenvalue weighted by atomic mass is 10.2. The van der Waals surface area contributed by atoms with Crippen molar-refractivity contribution in [1.82, 2.24) is 10.3 Å². The summed E-state index contributed by atoms with van der Waals surface area (Å²) in [7, 11) is 0. The van der Waals surface area contributed by atoms with Crippen LogP contribution in [0.5, 0.6) is 0 Å². The molecule has 0 saturated heterocycles. The molecular weight excluding hydrogens is 228 g/mol. The first-order chi connectivity index (χ1) is 7.66. The highest BCUT2D eigenvalue weighted by Gasteiger charge is 2.14. The molecule has 1 unspecified atom stereocenters. The lowest BCUT2D eigenvalue weighted by molar-refractivity contribution is 0.0931. The molecule has 0 spiro atoms. The topological polar surface area (TPSA) is 58.0 Å². The van der Waals surface area contributed by atoms with Crippen molar-refractivity contribution < 1.29 is 9.21 Å². The van der Waals surface area contributed by atoms with Crippen molar-refractivity contribution in [2.75, 3.05) is 0 Å². The van der Waals surface area contributed by atoms with Gasteiger partial charge in [0.25, 0.3) is 5.91 Å². The van der Waals surface area contributed by atoms with Crippen LogP contribution in [0.15, 0.2) is 35.1 Å². The number of aromatic nitrogens is 1. The van der Waals surface area contributed by atoms with Crippen LogP contribution < -0.4 is 5.32 Å². The minimum atomic E-state index is -0.212. The van der Waals surface area contributed by atoms with Gasteiger partial charge in [-0.3, -0.25) is 4.79 Å². The number of nitrogens with one attached hydrogen (secondary N) is 2. The van der Waals surface area contributed by atoms with E-state index in [1.807, 2.05) is 13.0 Å². The Labute approximate surface area is 97.6 Å². The maximum atomic E-state index is 11.7. The SMILES string of the molecule is CC(NC(=O)c1cc(Cl)c[nH]1)c1ccco1. The molecule has 5 heteroatoms. The van der Waals surface area contributed by atoms with Crippen LogP contribution in [0, 0.1) is 0 Å². The van der Waals surface area contributed by atoms with Gasteiger partial charge in [0.05, 0.1) is 17.3 Å². The summed E-state index contributed by atoms with van der Waals surface area (Å²) in [6.45, 7) is 1.85. The van der Waals surface area contributed by atoms with Gasteiger partial charge in [0.15, 0.2) is 0 Å². The summed E-state index contributed by atoms with van der Waals surface area (Å²) in [6, 6.07) is 4.99. The molecule has 84 valence electrons. The molecule has 0 aliphatic heterocycles. The Hall–Kier alpha value is -1.68. The molecule has 4 nitrogen and oxygen atoms in total. The van der Waals surface area contributed by atoms with Crippen LogP contribution in [0.3, 0.4) is 0 Å². The van der Waals surface area contributed by atoms with Crippen LogP contribution in [0.2, 0.25) is 5.02 Å². The number of hydrogen-bond donors (Lipinski definition) is 2. The Balaban J connectivity index is 2.03. The number of aromatic amines is 1. The number of carbonyl (C=O) groups is 1. The molecule has 1 amide bonds. The number of halogens is 1. The van der Waals surface area contributed by atoms with E-state index in [9.17, 15) is 4.79 Å². The van der Waals surface area contributed by atoms with Crippen molar-refractivity contribution in [2.45, 2.75) is 13.0 Å². The van der Waals surface area contributed by atoms with E-state index in [0.717, 1.165) is 0 Å². The maximum Gasteiger partial charge on any atom is 0.268 e. The molecule has 0 aliphatic rings. The van der Waals surface area contributed by atoms with Crippen molar-refractivity contribution in [2.24, 2.45) is 0 Å². The molecule has 0 radical (unpaired) electrons. The molecule has 0 bridgehead atoms. The van der Waals surface area contributed by atoms with Crippen LogP contribution in [0.25, 0.3) is 0 Å². The lowest BCUT2D eigenvalue weighted by Gasteiger charge is -2.10. The zero-order chi connectivity index (χ0) is 11.5. The van der Waals surface area contributed by atoms with Gasteiger partial charge in [-0.15, -0.1) is 0 Å². The minimum absolute atomic E-state index is 0.176. The largest absolute Gasteiger partial charge is 0.467 e. The third kappa shape index (κ3) is 2.28. The van der Waals surface area contributed by atoms with Gasteiger partial charge in [-0.2, -0.15) is 0 Å². The van der Waals surface area contributed by atoms with Crippen LogP contribution in [-0.2, 0) is 0 Å². The first-order valence-corrected chi connectivity index (χ1v) is 5.23. The minimum Gasteiger partial charge on any atom is -0.467 e. The van der Waals surface area contributed by atoms with E-state index in [2.05, 4.69) is 10.3 Å². The van der Waals surface area contributed by atoms with Crippen molar-refractivity contribution in [1.29, 1.82) is 0 Å². The highest BCUT2D eigenvalue weighted by atomic mass is 35.5. The number of amides is 1. The van der Waals surface area contributed by atoms with Gasteiger partial charge >= 0.3 is 0 Å². The van der Waals surface area contributed by atoms with Crippen molar-refractivity contribution >= 4 is 17.5 Å². The van der Waals surface area contributed by atoms with E-state index in [1.165, 1.54) is 0 Å². The summed E-state index contributed by atoms with van der Waals surface area (Å²) in [6.07, 6.45) is 3.14. The maximum absolute atomic E-state index is 11.7. The predicted molar refractivity (Wildman–Crippen MR) is 60.4 cm³/mol. The molecule has 0 fully saturated rings. The van der Waals surface area contributed by atoms with Crippen molar-refractivity contribution in [3.8, 4) is 0 Å². The fourth-order valence-corrected chi connectivity index (χ4v) is 1.55. The summed E-state index contributed by atoms with van der Waals surface area (Å²) < 4.78 is 5.19. The molecule has 16 heavy (non-hydrogen) atoms. The van der Waals surface area contributed by atoms with Crippen LogP contribution in [0.4, 0.5) is 0 Å². The van der Waals surface area contributed by atoms with Gasteiger partial charge in [0.1, 0.15) is 11.5 Å². The van der Waals surface area contributed by atoms with E-state index < -0.39 is 0 Å². The Bertz CT molecular complexity index is 476.